The Balaban J connectivity index is 1.86. The minimum atomic E-state index is 0.00374. The van der Waals surface area contributed by atoms with E-state index in [-0.39, 0.29) is 19.1 Å². The minimum Gasteiger partial charge on any atom is -0.480 e. The molecule has 1 fully saturated rings. The Hall–Kier alpha value is -1.56. The predicted molar refractivity (Wildman–Crippen MR) is 74.6 cm³/mol. The van der Waals surface area contributed by atoms with Gasteiger partial charge in [0.1, 0.15) is 5.69 Å². The van der Waals surface area contributed by atoms with Gasteiger partial charge < -0.3 is 14.7 Å². The van der Waals surface area contributed by atoms with Crippen molar-refractivity contribution in [2.24, 2.45) is 13.0 Å². The van der Waals surface area contributed by atoms with Gasteiger partial charge in [-0.05, 0) is 32.6 Å². The molecular weight excluding hydrogens is 258 g/mol. The van der Waals surface area contributed by atoms with Gasteiger partial charge in [0, 0.05) is 26.7 Å². The molecule has 6 heteroatoms. The Morgan fingerprint density at radius 2 is 2.05 bits per heavy atom. The van der Waals surface area contributed by atoms with Crippen LogP contribution in [0.2, 0.25) is 0 Å². The predicted octanol–water partition coefficient (Wildman–Crippen LogP) is 0.647. The number of amides is 1. The smallest absolute Gasteiger partial charge is 0.260 e. The zero-order valence-corrected chi connectivity index (χ0v) is 12.4. The number of aryl methyl sites for hydroxylation is 2. The van der Waals surface area contributed by atoms with Gasteiger partial charge in [0.25, 0.3) is 5.91 Å². The van der Waals surface area contributed by atoms with Crippen LogP contribution >= 0.6 is 0 Å². The molecule has 1 aromatic heterocycles. The molecule has 1 amide bonds. The maximum absolute atomic E-state index is 12.1. The third kappa shape index (κ3) is 3.12. The van der Waals surface area contributed by atoms with Crippen molar-refractivity contribution in [3.63, 3.8) is 0 Å². The quantitative estimate of drug-likeness (QED) is 0.880. The van der Waals surface area contributed by atoms with E-state index in [1.165, 1.54) is 0 Å². The lowest BCUT2D eigenvalue weighted by atomic mass is 9.98. The molecule has 6 nitrogen and oxygen atoms in total. The maximum atomic E-state index is 12.1. The number of ether oxygens (including phenoxy) is 1. The van der Waals surface area contributed by atoms with Gasteiger partial charge in [-0.2, -0.15) is 5.10 Å². The number of likely N-dealkylation sites (tertiary alicyclic amines) is 1. The van der Waals surface area contributed by atoms with E-state index in [0.29, 0.717) is 24.8 Å². The van der Waals surface area contributed by atoms with Gasteiger partial charge in [-0.1, -0.05) is 0 Å². The summed E-state index contributed by atoms with van der Waals surface area (Å²) in [7, 11) is 1.86. The highest BCUT2D eigenvalue weighted by Gasteiger charge is 2.23. The van der Waals surface area contributed by atoms with E-state index in [1.54, 1.807) is 4.68 Å². The van der Waals surface area contributed by atoms with Crippen LogP contribution in [0.3, 0.4) is 0 Å². The second-order valence-electron chi connectivity index (χ2n) is 5.42. The van der Waals surface area contributed by atoms with E-state index in [4.69, 9.17) is 9.84 Å². The molecule has 2 rings (SSSR count). The van der Waals surface area contributed by atoms with E-state index in [1.807, 2.05) is 25.8 Å². The van der Waals surface area contributed by atoms with Crippen LogP contribution in [0.25, 0.3) is 0 Å². The summed E-state index contributed by atoms with van der Waals surface area (Å²) >= 11 is 0. The number of aromatic nitrogens is 2. The normalized spacial score (nSPS) is 16.5. The zero-order chi connectivity index (χ0) is 14.7. The second-order valence-corrected chi connectivity index (χ2v) is 5.42. The summed E-state index contributed by atoms with van der Waals surface area (Å²) in [6, 6.07) is 0. The number of aliphatic hydroxyl groups excluding tert-OH is 1. The van der Waals surface area contributed by atoms with Gasteiger partial charge in [-0.15, -0.1) is 0 Å². The molecule has 1 saturated heterocycles. The number of hydrogen-bond acceptors (Lipinski definition) is 4. The first-order valence-corrected chi connectivity index (χ1v) is 7.04. The number of nitrogens with zero attached hydrogens (tertiary/aromatic N) is 3. The number of carbonyl (C=O) groups excluding carboxylic acids is 1. The van der Waals surface area contributed by atoms with E-state index >= 15 is 0 Å². The van der Waals surface area contributed by atoms with Crippen molar-refractivity contribution in [3.8, 4) is 5.75 Å². The highest BCUT2D eigenvalue weighted by Crippen LogP contribution is 2.22. The first-order valence-electron chi connectivity index (χ1n) is 7.04. The zero-order valence-electron chi connectivity index (χ0n) is 12.4. The first-order chi connectivity index (χ1) is 9.52. The average Bonchev–Trinajstić information content (AvgIpc) is 2.70. The van der Waals surface area contributed by atoms with E-state index in [0.717, 1.165) is 24.2 Å². The summed E-state index contributed by atoms with van der Waals surface area (Å²) in [5.74, 6) is 1.04. The average molecular weight is 281 g/mol. The SMILES string of the molecule is Cc1nn(C)c(C)c1OCC(=O)N1CCC(CO)CC1. The monoisotopic (exact) mass is 281 g/mol. The van der Waals surface area contributed by atoms with E-state index in [9.17, 15) is 4.79 Å². The summed E-state index contributed by atoms with van der Waals surface area (Å²) in [5, 5.41) is 13.4. The van der Waals surface area contributed by atoms with Crippen LogP contribution in [-0.4, -0.2) is 52.0 Å². The second kappa shape index (κ2) is 6.26. The Kier molecular flexibility index (Phi) is 4.65. The molecule has 1 aliphatic heterocycles. The minimum absolute atomic E-state index is 0.00374. The van der Waals surface area contributed by atoms with Crippen LogP contribution in [0.5, 0.6) is 5.75 Å². The Bertz CT molecular complexity index is 476. The third-order valence-electron chi connectivity index (χ3n) is 4.01. The highest BCUT2D eigenvalue weighted by molar-refractivity contribution is 5.77. The lowest BCUT2D eigenvalue weighted by molar-refractivity contribution is -0.135. The van der Waals surface area contributed by atoms with Crippen molar-refractivity contribution >= 4 is 5.91 Å². The molecule has 0 atom stereocenters. The molecule has 0 unspecified atom stereocenters. The lowest BCUT2D eigenvalue weighted by Gasteiger charge is -2.31. The topological polar surface area (TPSA) is 67.6 Å². The van der Waals surface area contributed by atoms with Gasteiger partial charge in [-0.25, -0.2) is 0 Å². The van der Waals surface area contributed by atoms with Crippen molar-refractivity contribution in [1.82, 2.24) is 14.7 Å². The molecule has 112 valence electrons. The summed E-state index contributed by atoms with van der Waals surface area (Å²) in [6.07, 6.45) is 1.74. The van der Waals surface area contributed by atoms with Gasteiger partial charge in [0.2, 0.25) is 0 Å². The van der Waals surface area contributed by atoms with Crippen LogP contribution < -0.4 is 4.74 Å². The van der Waals surface area contributed by atoms with Gasteiger partial charge in [0.05, 0.1) is 5.69 Å². The van der Waals surface area contributed by atoms with Crippen LogP contribution in [0.15, 0.2) is 0 Å². The molecule has 20 heavy (non-hydrogen) atoms. The Morgan fingerprint density at radius 1 is 1.40 bits per heavy atom. The largest absolute Gasteiger partial charge is 0.480 e. The highest BCUT2D eigenvalue weighted by atomic mass is 16.5. The summed E-state index contributed by atoms with van der Waals surface area (Å²) < 4.78 is 7.38. The molecule has 1 aromatic rings. The lowest BCUT2D eigenvalue weighted by Crippen LogP contribution is -2.41. The molecule has 1 aliphatic rings. The molecule has 2 heterocycles. The molecule has 0 spiro atoms. The maximum Gasteiger partial charge on any atom is 0.260 e. The van der Waals surface area contributed by atoms with Crippen molar-refractivity contribution in [2.45, 2.75) is 26.7 Å². The molecular formula is C14H23N3O3. The number of piperidine rings is 1. The summed E-state index contributed by atoms with van der Waals surface area (Å²) in [6.45, 7) is 5.48. The summed E-state index contributed by atoms with van der Waals surface area (Å²) in [4.78, 5) is 13.9. The number of aliphatic hydroxyl groups is 1. The van der Waals surface area contributed by atoms with Gasteiger partial charge in [-0.3, -0.25) is 9.48 Å². The first kappa shape index (κ1) is 14.8. The molecule has 0 saturated carbocycles. The van der Waals surface area contributed by atoms with Crippen molar-refractivity contribution < 1.29 is 14.6 Å². The molecule has 0 aromatic carbocycles. The van der Waals surface area contributed by atoms with Crippen LogP contribution in [0.4, 0.5) is 0 Å². The van der Waals surface area contributed by atoms with Crippen molar-refractivity contribution in [3.05, 3.63) is 11.4 Å². The van der Waals surface area contributed by atoms with Crippen molar-refractivity contribution in [2.75, 3.05) is 26.3 Å². The fraction of sp³-hybridized carbons (Fsp3) is 0.714. The molecule has 0 bridgehead atoms. The summed E-state index contributed by atoms with van der Waals surface area (Å²) in [5.41, 5.74) is 1.73. The Morgan fingerprint density at radius 3 is 2.55 bits per heavy atom. The number of carbonyl (C=O) groups is 1. The number of rotatable bonds is 4. The number of hydrogen-bond donors (Lipinski definition) is 1. The molecule has 1 N–H and O–H groups in total. The van der Waals surface area contributed by atoms with E-state index < -0.39 is 0 Å². The van der Waals surface area contributed by atoms with Crippen molar-refractivity contribution in [1.29, 1.82) is 0 Å². The Labute approximate surface area is 119 Å². The standard InChI is InChI=1S/C14H23N3O3/c1-10-14(11(2)16(3)15-10)20-9-13(19)17-6-4-12(8-18)5-7-17/h12,18H,4-9H2,1-3H3. The fourth-order valence-corrected chi connectivity index (χ4v) is 2.55. The third-order valence-corrected chi connectivity index (χ3v) is 4.01. The fourth-order valence-electron chi connectivity index (χ4n) is 2.55. The molecule has 0 aliphatic carbocycles. The van der Waals surface area contributed by atoms with Crippen LogP contribution in [-0.2, 0) is 11.8 Å². The van der Waals surface area contributed by atoms with E-state index in [2.05, 4.69) is 5.10 Å². The molecule has 0 radical (unpaired) electrons. The van der Waals surface area contributed by atoms with Crippen LogP contribution in [0, 0.1) is 19.8 Å². The van der Waals surface area contributed by atoms with Gasteiger partial charge >= 0.3 is 0 Å². The van der Waals surface area contributed by atoms with Gasteiger partial charge in [0.15, 0.2) is 12.4 Å². The van der Waals surface area contributed by atoms with Crippen LogP contribution in [0.1, 0.15) is 24.2 Å².